The van der Waals surface area contributed by atoms with Crippen LogP contribution in [0.25, 0.3) is 0 Å². The van der Waals surface area contributed by atoms with Gasteiger partial charge >= 0.3 is 0 Å². The molecule has 0 radical (unpaired) electrons. The Balaban J connectivity index is 2.24. The second-order valence-corrected chi connectivity index (χ2v) is 4.98. The Bertz CT molecular complexity index is 341. The number of nitrogens with one attached hydrogen (secondary N) is 1. The highest BCUT2D eigenvalue weighted by Crippen LogP contribution is 2.27. The Kier molecular flexibility index (Phi) is 7.66. The van der Waals surface area contributed by atoms with Crippen LogP contribution >= 0.6 is 11.6 Å². The van der Waals surface area contributed by atoms with E-state index >= 15 is 0 Å². The quantitative estimate of drug-likeness (QED) is 0.628. The molecule has 1 rings (SSSR count). The molecule has 1 aromatic rings. The molecule has 0 amide bonds. The van der Waals surface area contributed by atoms with Crippen molar-refractivity contribution in [1.82, 2.24) is 0 Å². The third kappa shape index (κ3) is 5.63. The number of hydrogen-bond acceptors (Lipinski definition) is 2. The largest absolute Gasteiger partial charge is 0.495 e. The van der Waals surface area contributed by atoms with Gasteiger partial charge in [-0.15, -0.1) is 0 Å². The third-order valence-electron chi connectivity index (χ3n) is 3.01. The van der Waals surface area contributed by atoms with Crippen LogP contribution in [0.3, 0.4) is 0 Å². The minimum atomic E-state index is 0.737. The fraction of sp³-hybridized carbons (Fsp3) is 0.600. The monoisotopic (exact) mass is 269 g/mol. The van der Waals surface area contributed by atoms with Gasteiger partial charge in [-0.2, -0.15) is 0 Å². The van der Waals surface area contributed by atoms with Gasteiger partial charge in [0.25, 0.3) is 0 Å². The number of anilines is 1. The number of benzene rings is 1. The van der Waals surface area contributed by atoms with Gasteiger partial charge in [-0.3, -0.25) is 0 Å². The first-order valence-corrected chi connectivity index (χ1v) is 7.23. The van der Waals surface area contributed by atoms with Crippen molar-refractivity contribution in [2.45, 2.75) is 45.4 Å². The topological polar surface area (TPSA) is 21.3 Å². The summed E-state index contributed by atoms with van der Waals surface area (Å²) >= 11 is 5.98. The Morgan fingerprint density at radius 3 is 2.56 bits per heavy atom. The van der Waals surface area contributed by atoms with Crippen molar-refractivity contribution in [3.63, 3.8) is 0 Å². The van der Waals surface area contributed by atoms with Crippen LogP contribution in [0.1, 0.15) is 45.4 Å². The molecular formula is C15H24ClNO. The average molecular weight is 270 g/mol. The molecule has 0 unspecified atom stereocenters. The van der Waals surface area contributed by atoms with E-state index in [4.69, 9.17) is 16.3 Å². The molecule has 1 aromatic carbocycles. The number of methoxy groups -OCH3 is 1. The first-order valence-electron chi connectivity index (χ1n) is 6.85. The lowest BCUT2D eigenvalue weighted by Crippen LogP contribution is -2.03. The maximum atomic E-state index is 5.98. The van der Waals surface area contributed by atoms with Crippen molar-refractivity contribution in [3.05, 3.63) is 23.2 Å². The molecule has 0 aliphatic heterocycles. The minimum Gasteiger partial charge on any atom is -0.495 e. The Morgan fingerprint density at radius 1 is 1.11 bits per heavy atom. The summed E-state index contributed by atoms with van der Waals surface area (Å²) in [4.78, 5) is 0. The van der Waals surface area contributed by atoms with Gasteiger partial charge in [-0.1, -0.05) is 50.6 Å². The van der Waals surface area contributed by atoms with Gasteiger partial charge in [0.15, 0.2) is 0 Å². The first kappa shape index (κ1) is 15.2. The molecule has 0 aliphatic rings. The van der Waals surface area contributed by atoms with E-state index < -0.39 is 0 Å². The standard InChI is InChI=1S/C15H24ClNO/c1-3-4-5-6-7-8-11-17-14-12-13(16)9-10-15(14)18-2/h9-10,12,17H,3-8,11H2,1-2H3. The van der Waals surface area contributed by atoms with Gasteiger partial charge in [0.2, 0.25) is 0 Å². The smallest absolute Gasteiger partial charge is 0.142 e. The van der Waals surface area contributed by atoms with Gasteiger partial charge in [0, 0.05) is 11.6 Å². The Hall–Kier alpha value is -0.890. The van der Waals surface area contributed by atoms with Crippen molar-refractivity contribution >= 4 is 17.3 Å². The number of hydrogen-bond donors (Lipinski definition) is 1. The van der Waals surface area contributed by atoms with Gasteiger partial charge in [-0.25, -0.2) is 0 Å². The van der Waals surface area contributed by atoms with Gasteiger partial charge in [0.1, 0.15) is 5.75 Å². The van der Waals surface area contributed by atoms with E-state index in [1.165, 1.54) is 38.5 Å². The van der Waals surface area contributed by atoms with E-state index in [0.29, 0.717) is 0 Å². The van der Waals surface area contributed by atoms with Crippen molar-refractivity contribution in [2.75, 3.05) is 19.0 Å². The van der Waals surface area contributed by atoms with Crippen LogP contribution in [0.5, 0.6) is 5.75 Å². The van der Waals surface area contributed by atoms with E-state index in [-0.39, 0.29) is 0 Å². The van der Waals surface area contributed by atoms with Crippen molar-refractivity contribution in [3.8, 4) is 5.75 Å². The molecule has 0 heterocycles. The molecule has 0 spiro atoms. The maximum absolute atomic E-state index is 5.98. The summed E-state index contributed by atoms with van der Waals surface area (Å²) in [7, 11) is 1.68. The molecule has 1 N–H and O–H groups in total. The van der Waals surface area contributed by atoms with Crippen LogP contribution in [0.4, 0.5) is 5.69 Å². The van der Waals surface area contributed by atoms with E-state index in [2.05, 4.69) is 12.2 Å². The molecule has 3 heteroatoms. The highest BCUT2D eigenvalue weighted by atomic mass is 35.5. The lowest BCUT2D eigenvalue weighted by Gasteiger charge is -2.11. The zero-order chi connectivity index (χ0) is 13.2. The summed E-state index contributed by atoms with van der Waals surface area (Å²) in [6, 6.07) is 5.65. The van der Waals surface area contributed by atoms with Crippen LogP contribution < -0.4 is 10.1 Å². The van der Waals surface area contributed by atoms with Gasteiger partial charge in [-0.05, 0) is 24.6 Å². The fourth-order valence-electron chi connectivity index (χ4n) is 1.95. The third-order valence-corrected chi connectivity index (χ3v) is 3.24. The Labute approximate surface area is 116 Å². The van der Waals surface area contributed by atoms with E-state index in [1.54, 1.807) is 7.11 Å². The normalized spacial score (nSPS) is 10.4. The summed E-state index contributed by atoms with van der Waals surface area (Å²) in [5, 5.41) is 4.12. The summed E-state index contributed by atoms with van der Waals surface area (Å²) in [6.45, 7) is 3.22. The van der Waals surface area contributed by atoms with Crippen molar-refractivity contribution < 1.29 is 4.74 Å². The zero-order valence-electron chi connectivity index (χ0n) is 11.5. The highest BCUT2D eigenvalue weighted by Gasteiger charge is 2.02. The molecule has 0 bridgehead atoms. The summed E-state index contributed by atoms with van der Waals surface area (Å²) < 4.78 is 5.29. The number of rotatable bonds is 9. The molecule has 2 nitrogen and oxygen atoms in total. The molecule has 0 saturated heterocycles. The number of unbranched alkanes of at least 4 members (excludes halogenated alkanes) is 5. The predicted molar refractivity (Wildman–Crippen MR) is 79.9 cm³/mol. The van der Waals surface area contributed by atoms with E-state index in [9.17, 15) is 0 Å². The van der Waals surface area contributed by atoms with Crippen LogP contribution in [0.2, 0.25) is 5.02 Å². The first-order chi connectivity index (χ1) is 8.77. The molecule has 0 saturated carbocycles. The predicted octanol–water partition coefficient (Wildman–Crippen LogP) is 5.12. The fourth-order valence-corrected chi connectivity index (χ4v) is 2.12. The summed E-state index contributed by atoms with van der Waals surface area (Å²) in [6.07, 6.45) is 7.84. The molecule has 0 atom stereocenters. The second-order valence-electron chi connectivity index (χ2n) is 4.54. The lowest BCUT2D eigenvalue weighted by molar-refractivity contribution is 0.416. The zero-order valence-corrected chi connectivity index (χ0v) is 12.2. The molecule has 0 aromatic heterocycles. The molecular weight excluding hydrogens is 246 g/mol. The molecule has 102 valence electrons. The van der Waals surface area contributed by atoms with Crippen LogP contribution in [0, 0.1) is 0 Å². The van der Waals surface area contributed by atoms with Crippen LogP contribution in [0.15, 0.2) is 18.2 Å². The second kappa shape index (κ2) is 9.09. The Morgan fingerprint density at radius 2 is 1.83 bits per heavy atom. The SMILES string of the molecule is CCCCCCCCNc1cc(Cl)ccc1OC. The van der Waals surface area contributed by atoms with Crippen LogP contribution in [-0.4, -0.2) is 13.7 Å². The van der Waals surface area contributed by atoms with Crippen molar-refractivity contribution in [1.29, 1.82) is 0 Å². The molecule has 0 fully saturated rings. The highest BCUT2D eigenvalue weighted by molar-refractivity contribution is 6.30. The van der Waals surface area contributed by atoms with Crippen molar-refractivity contribution in [2.24, 2.45) is 0 Å². The summed E-state index contributed by atoms with van der Waals surface area (Å²) in [5.74, 6) is 0.852. The number of halogens is 1. The number of ether oxygens (including phenoxy) is 1. The van der Waals surface area contributed by atoms with Crippen LogP contribution in [-0.2, 0) is 0 Å². The average Bonchev–Trinajstić information content (AvgIpc) is 2.38. The van der Waals surface area contributed by atoms with Gasteiger partial charge in [0.05, 0.1) is 12.8 Å². The minimum absolute atomic E-state index is 0.737. The summed E-state index contributed by atoms with van der Waals surface area (Å²) in [5.41, 5.74) is 0.985. The molecule has 18 heavy (non-hydrogen) atoms. The lowest BCUT2D eigenvalue weighted by atomic mass is 10.1. The van der Waals surface area contributed by atoms with E-state index in [1.807, 2.05) is 18.2 Å². The van der Waals surface area contributed by atoms with Gasteiger partial charge < -0.3 is 10.1 Å². The van der Waals surface area contributed by atoms with E-state index in [0.717, 1.165) is 23.0 Å². The maximum Gasteiger partial charge on any atom is 0.142 e. The molecule has 0 aliphatic carbocycles.